The fourth-order valence-corrected chi connectivity index (χ4v) is 1.24. The Balaban J connectivity index is 2.59. The Labute approximate surface area is 95.0 Å². The van der Waals surface area contributed by atoms with Crippen LogP contribution in [-0.2, 0) is 0 Å². The molecule has 16 heavy (non-hydrogen) atoms. The molecule has 0 aliphatic heterocycles. The molecule has 4 nitrogen and oxygen atoms in total. The molecule has 0 spiro atoms. The van der Waals surface area contributed by atoms with Gasteiger partial charge >= 0.3 is 0 Å². The van der Waals surface area contributed by atoms with Gasteiger partial charge in [0.1, 0.15) is 5.75 Å². The normalized spacial score (nSPS) is 11.2. The van der Waals surface area contributed by atoms with Gasteiger partial charge < -0.3 is 5.11 Å². The molecule has 86 valence electrons. The van der Waals surface area contributed by atoms with Crippen LogP contribution in [0.5, 0.6) is 5.75 Å². The number of hydrogen-bond acceptors (Lipinski definition) is 3. The quantitative estimate of drug-likeness (QED) is 0.604. The first-order valence-electron chi connectivity index (χ1n) is 5.26. The minimum Gasteiger partial charge on any atom is -0.508 e. The van der Waals surface area contributed by atoms with Crippen LogP contribution in [0.3, 0.4) is 0 Å². The van der Waals surface area contributed by atoms with Gasteiger partial charge in [0, 0.05) is 11.3 Å². The van der Waals surface area contributed by atoms with Gasteiger partial charge in [-0.05, 0) is 37.6 Å². The number of phenols is 1. The van der Waals surface area contributed by atoms with E-state index >= 15 is 0 Å². The summed E-state index contributed by atoms with van der Waals surface area (Å²) >= 11 is 0. The van der Waals surface area contributed by atoms with Gasteiger partial charge in [-0.25, -0.2) is 5.43 Å². The van der Waals surface area contributed by atoms with Crippen LogP contribution in [0.1, 0.15) is 37.0 Å². The Morgan fingerprint density at radius 2 is 2.00 bits per heavy atom. The standard InChI is InChI=1S/C12H16N2O2/c1-3-4-9(2)13-14-12(16)10-5-7-11(15)8-6-10/h5-8,15H,3-4H2,1-2H3,(H,14,16)/b13-9+. The number of nitrogens with one attached hydrogen (secondary N) is 1. The zero-order chi connectivity index (χ0) is 12.0. The molecular formula is C12H16N2O2. The van der Waals surface area contributed by atoms with Crippen LogP contribution in [0.4, 0.5) is 0 Å². The molecule has 0 radical (unpaired) electrons. The predicted octanol–water partition coefficient (Wildman–Crippen LogP) is 2.30. The predicted molar refractivity (Wildman–Crippen MR) is 63.6 cm³/mol. The summed E-state index contributed by atoms with van der Waals surface area (Å²) in [6.07, 6.45) is 1.88. The fraction of sp³-hybridized carbons (Fsp3) is 0.333. The van der Waals surface area contributed by atoms with Crippen LogP contribution in [0.25, 0.3) is 0 Å². The van der Waals surface area contributed by atoms with E-state index in [1.165, 1.54) is 12.1 Å². The summed E-state index contributed by atoms with van der Waals surface area (Å²) < 4.78 is 0. The van der Waals surface area contributed by atoms with E-state index in [-0.39, 0.29) is 11.7 Å². The largest absolute Gasteiger partial charge is 0.508 e. The average molecular weight is 220 g/mol. The van der Waals surface area contributed by atoms with E-state index in [4.69, 9.17) is 5.11 Å². The maximum absolute atomic E-state index is 11.6. The van der Waals surface area contributed by atoms with E-state index in [0.29, 0.717) is 5.56 Å². The molecule has 0 saturated heterocycles. The van der Waals surface area contributed by atoms with Crippen molar-refractivity contribution in [2.24, 2.45) is 5.10 Å². The van der Waals surface area contributed by atoms with E-state index in [1.54, 1.807) is 12.1 Å². The summed E-state index contributed by atoms with van der Waals surface area (Å²) in [5.41, 5.74) is 3.85. The number of aromatic hydroxyl groups is 1. The molecule has 0 aliphatic rings. The number of hydrazone groups is 1. The molecule has 1 amide bonds. The summed E-state index contributed by atoms with van der Waals surface area (Å²) in [6, 6.07) is 6.04. The van der Waals surface area contributed by atoms with Crippen molar-refractivity contribution in [3.8, 4) is 5.75 Å². The smallest absolute Gasteiger partial charge is 0.271 e. The highest BCUT2D eigenvalue weighted by molar-refractivity contribution is 5.95. The van der Waals surface area contributed by atoms with Gasteiger partial charge in [-0.15, -0.1) is 0 Å². The van der Waals surface area contributed by atoms with E-state index in [9.17, 15) is 4.79 Å². The molecule has 0 atom stereocenters. The summed E-state index contributed by atoms with van der Waals surface area (Å²) in [7, 11) is 0. The van der Waals surface area contributed by atoms with Crippen molar-refractivity contribution in [3.05, 3.63) is 29.8 Å². The number of rotatable bonds is 4. The molecule has 0 bridgehead atoms. The number of phenolic OH excluding ortho intramolecular Hbond substituents is 1. The highest BCUT2D eigenvalue weighted by atomic mass is 16.3. The third kappa shape index (κ3) is 3.73. The molecule has 4 heteroatoms. The summed E-state index contributed by atoms with van der Waals surface area (Å²) in [5, 5.41) is 13.0. The molecule has 0 fully saturated rings. The molecular weight excluding hydrogens is 204 g/mol. The second kappa shape index (κ2) is 5.90. The summed E-state index contributed by atoms with van der Waals surface area (Å²) in [5.74, 6) is -0.127. The van der Waals surface area contributed by atoms with Crippen molar-refractivity contribution in [3.63, 3.8) is 0 Å². The minimum atomic E-state index is -0.268. The first kappa shape index (κ1) is 12.2. The third-order valence-electron chi connectivity index (χ3n) is 2.09. The van der Waals surface area contributed by atoms with Gasteiger partial charge in [-0.2, -0.15) is 5.10 Å². The Morgan fingerprint density at radius 3 is 2.56 bits per heavy atom. The molecule has 2 N–H and O–H groups in total. The number of nitrogens with zero attached hydrogens (tertiary/aromatic N) is 1. The third-order valence-corrected chi connectivity index (χ3v) is 2.09. The van der Waals surface area contributed by atoms with Crippen LogP contribution in [-0.4, -0.2) is 16.7 Å². The lowest BCUT2D eigenvalue weighted by atomic mass is 10.2. The van der Waals surface area contributed by atoms with Gasteiger partial charge in [-0.1, -0.05) is 13.3 Å². The van der Waals surface area contributed by atoms with Crippen molar-refractivity contribution in [2.45, 2.75) is 26.7 Å². The average Bonchev–Trinajstić information content (AvgIpc) is 2.27. The molecule has 0 aliphatic carbocycles. The molecule has 0 unspecified atom stereocenters. The van der Waals surface area contributed by atoms with Crippen molar-refractivity contribution < 1.29 is 9.90 Å². The minimum absolute atomic E-state index is 0.141. The van der Waals surface area contributed by atoms with Gasteiger partial charge in [0.15, 0.2) is 0 Å². The van der Waals surface area contributed by atoms with Gasteiger partial charge in [0.05, 0.1) is 0 Å². The zero-order valence-electron chi connectivity index (χ0n) is 9.53. The van der Waals surface area contributed by atoms with E-state index in [1.807, 2.05) is 6.92 Å². The molecule has 1 aromatic carbocycles. The molecule has 1 rings (SSSR count). The first-order chi connectivity index (χ1) is 7.63. The summed E-state index contributed by atoms with van der Waals surface area (Å²) in [4.78, 5) is 11.6. The lowest BCUT2D eigenvalue weighted by Gasteiger charge is -2.01. The molecule has 0 heterocycles. The second-order valence-corrected chi connectivity index (χ2v) is 3.58. The lowest BCUT2D eigenvalue weighted by molar-refractivity contribution is 0.0954. The molecule has 0 saturated carbocycles. The molecule has 1 aromatic rings. The number of hydrogen-bond donors (Lipinski definition) is 2. The van der Waals surface area contributed by atoms with Crippen molar-refractivity contribution in [1.29, 1.82) is 0 Å². The maximum atomic E-state index is 11.6. The first-order valence-corrected chi connectivity index (χ1v) is 5.26. The Hall–Kier alpha value is -1.84. The van der Waals surface area contributed by atoms with E-state index < -0.39 is 0 Å². The number of carbonyl (C=O) groups excluding carboxylic acids is 1. The molecule has 0 aromatic heterocycles. The Morgan fingerprint density at radius 1 is 1.38 bits per heavy atom. The number of carbonyl (C=O) groups is 1. The van der Waals surface area contributed by atoms with Crippen molar-refractivity contribution in [2.75, 3.05) is 0 Å². The maximum Gasteiger partial charge on any atom is 0.271 e. The highest BCUT2D eigenvalue weighted by Crippen LogP contribution is 2.09. The van der Waals surface area contributed by atoms with Crippen LogP contribution in [0.2, 0.25) is 0 Å². The number of amides is 1. The number of benzene rings is 1. The Kier molecular flexibility index (Phi) is 4.51. The van der Waals surface area contributed by atoms with Crippen LogP contribution in [0.15, 0.2) is 29.4 Å². The van der Waals surface area contributed by atoms with Gasteiger partial charge in [0.25, 0.3) is 5.91 Å². The van der Waals surface area contributed by atoms with Crippen LogP contribution in [0, 0.1) is 0 Å². The second-order valence-electron chi connectivity index (χ2n) is 3.58. The van der Waals surface area contributed by atoms with Gasteiger partial charge in [0.2, 0.25) is 0 Å². The van der Waals surface area contributed by atoms with Crippen molar-refractivity contribution in [1.82, 2.24) is 5.43 Å². The summed E-state index contributed by atoms with van der Waals surface area (Å²) in [6.45, 7) is 3.93. The van der Waals surface area contributed by atoms with Gasteiger partial charge in [-0.3, -0.25) is 4.79 Å². The lowest BCUT2D eigenvalue weighted by Crippen LogP contribution is -2.18. The van der Waals surface area contributed by atoms with E-state index in [0.717, 1.165) is 18.6 Å². The monoisotopic (exact) mass is 220 g/mol. The topological polar surface area (TPSA) is 61.7 Å². The zero-order valence-corrected chi connectivity index (χ0v) is 9.53. The van der Waals surface area contributed by atoms with E-state index in [2.05, 4.69) is 17.5 Å². The fourth-order valence-electron chi connectivity index (χ4n) is 1.24. The van der Waals surface area contributed by atoms with Crippen molar-refractivity contribution >= 4 is 11.6 Å². The van der Waals surface area contributed by atoms with Crippen LogP contribution >= 0.6 is 0 Å². The highest BCUT2D eigenvalue weighted by Gasteiger charge is 2.03. The van der Waals surface area contributed by atoms with Crippen LogP contribution < -0.4 is 5.43 Å². The SMILES string of the molecule is CCC/C(C)=N/NC(=O)c1ccc(O)cc1. The Bertz CT molecular complexity index is 383.